The Morgan fingerprint density at radius 2 is 0.908 bits per heavy atom. The Labute approximate surface area is 613 Å². The number of imidazole rings is 3. The van der Waals surface area contributed by atoms with E-state index in [1.54, 1.807) is 51.1 Å². The number of rotatable bonds is 30. The van der Waals surface area contributed by atoms with E-state index in [2.05, 4.69) is 70.3 Å². The van der Waals surface area contributed by atoms with E-state index in [0.29, 0.717) is 22.5 Å². The maximum Gasteiger partial charge on any atom is 0.342 e. The van der Waals surface area contributed by atoms with Gasteiger partial charge in [0.25, 0.3) is 7.52 Å². The summed E-state index contributed by atoms with van der Waals surface area (Å²) in [6.45, 7) is 8.47. The van der Waals surface area contributed by atoms with Gasteiger partial charge in [-0.15, -0.1) is 0 Å². The fraction of sp³-hybridized carbons (Fsp3) is 0.407. The highest BCUT2D eigenvalue weighted by molar-refractivity contribution is 7.75. The molecular weight excluding hydrogens is 1540 g/mol. The molecule has 7 aromatic heterocycles. The molecule has 3 unspecified atom stereocenters. The molecule has 5 aliphatic heterocycles. The topological polar surface area (TPSA) is 554 Å². The Morgan fingerprint density at radius 3 is 1.33 bits per heavy atom. The van der Waals surface area contributed by atoms with Crippen molar-refractivity contribution in [3.05, 3.63) is 122 Å². The van der Waals surface area contributed by atoms with Crippen molar-refractivity contribution in [2.24, 2.45) is 0 Å². The van der Waals surface area contributed by atoms with Crippen LogP contribution in [0.5, 0.6) is 5.75 Å². The van der Waals surface area contributed by atoms with Crippen molar-refractivity contribution in [2.45, 2.75) is 96.8 Å². The molecule has 50 heteroatoms. The number of hydrogen-bond acceptors (Lipinski definition) is 35. The maximum absolute atomic E-state index is 14.8. The van der Waals surface area contributed by atoms with Crippen molar-refractivity contribution in [3.8, 4) is 5.75 Å². The van der Waals surface area contributed by atoms with E-state index < -0.39 is 158 Å². The van der Waals surface area contributed by atoms with Gasteiger partial charge in [0.1, 0.15) is 90.3 Å². The zero-order chi connectivity index (χ0) is 78.1. The summed E-state index contributed by atoms with van der Waals surface area (Å²) in [4.78, 5) is 89.7. The minimum absolute atomic E-state index is 0.0772. The molecule has 586 valence electrons. The van der Waals surface area contributed by atoms with Crippen LogP contribution in [0.4, 0.5) is 52.3 Å². The van der Waals surface area contributed by atoms with Crippen LogP contribution in [0.15, 0.2) is 122 Å². The van der Waals surface area contributed by atoms with Crippen LogP contribution < -0.4 is 47.8 Å². The number of nitrogen functional groups attached to an aromatic ring is 4. The molecule has 5 aliphatic rings. The average molecular weight is 1610 g/mol. The van der Waals surface area contributed by atoms with Crippen LogP contribution in [0.2, 0.25) is 0 Å². The molecule has 0 saturated carbocycles. The quantitative estimate of drug-likeness (QED) is 0.0139. The number of halogens is 4. The molecular formula is C59H72F4N22O20P4. The highest BCUT2D eigenvalue weighted by Crippen LogP contribution is 2.58. The summed E-state index contributed by atoms with van der Waals surface area (Å²) in [7, 11) is -16.3. The lowest BCUT2D eigenvalue weighted by Crippen LogP contribution is -2.37. The number of fused-ring (bicyclic) bond motifs is 4. The third-order valence-electron chi connectivity index (χ3n) is 15.5. The molecule has 14 atom stereocenters. The fourth-order valence-electron chi connectivity index (χ4n) is 10.7. The van der Waals surface area contributed by atoms with Gasteiger partial charge in [0.05, 0.1) is 45.5 Å². The van der Waals surface area contributed by atoms with Gasteiger partial charge in [0.15, 0.2) is 126 Å². The lowest BCUT2D eigenvalue weighted by molar-refractivity contribution is -0.145. The second kappa shape index (κ2) is 34.6. The first-order valence-corrected chi connectivity index (χ1v) is 40.2. The van der Waals surface area contributed by atoms with Crippen LogP contribution >= 0.6 is 29.8 Å². The Bertz CT molecular complexity index is 4960. The second-order valence-electron chi connectivity index (χ2n) is 23.5. The minimum atomic E-state index is -4.43. The van der Waals surface area contributed by atoms with Crippen molar-refractivity contribution in [2.75, 3.05) is 90.9 Å². The third-order valence-corrected chi connectivity index (χ3v) is 23.8. The first-order chi connectivity index (χ1) is 52.0. The summed E-state index contributed by atoms with van der Waals surface area (Å²) in [5.74, 6) is -4.05. The van der Waals surface area contributed by atoms with Crippen LogP contribution in [0, 0.1) is 0 Å². The monoisotopic (exact) mass is 1610 g/mol. The Hall–Kier alpha value is -9.43. The molecule has 1 aromatic carbocycles. The van der Waals surface area contributed by atoms with Crippen molar-refractivity contribution < 1.29 is 112 Å². The predicted octanol–water partition coefficient (Wildman–Crippen LogP) is 6.13. The van der Waals surface area contributed by atoms with Gasteiger partial charge in [-0.1, -0.05) is 18.2 Å². The van der Waals surface area contributed by atoms with Gasteiger partial charge in [-0.2, -0.15) is 0 Å². The molecule has 13 N–H and O–H groups in total. The minimum Gasteiger partial charge on any atom is -0.465 e. The SMILES string of the molecule is CCOC(=O)[C@H](C)NP(=O)(CO[C@@H]1C=C(F)[C@H](n2cnc3c(N)ncnc32)O1)OCC.CCOC(=O)[C@H](C)N[P@@](=O)(CO[C@@H]1C=C(F)[C@H](n2cnc3c(N)ncnc32)O1)Oc1ccccc1.Nc1ncnc2c1NCN2[C@@H]1O[C@@H](OCP(=O)(O)CP(=O)(O)CO[C@@H]2C=C(F)[C@H](n3cnc4c(N)ncnc43)O2)C=C1F. The first kappa shape index (κ1) is 80.6. The fourth-order valence-corrected chi connectivity index (χ4v) is 18.3. The standard InChI is InChI=1S/C21H24F2N10O8P2.C21H24FN6O6P.C17H24FN6O6P/c22-10-1-12(40-20(10)32-5-30-14-16(24)26-3-28-18(14)32)38-7-42(34,35)9-43(36,37)8-39-13-2-11(23)21(41-13)33-6-31-15-17(25)27-4-29-19(15)33;1-3-31-21(29)13(2)27-35(30,34-14-7-5-4-6-8-14)12-32-16-9-15(22)20(33-16)28-11-26-17-18(23)24-10-25-19(17)28;1-4-27-17(25)10(3)23-31(26,29-5-2)9-28-12-6-11(18)16(30-12)24-8-22-13-14(19)20-7-21-15(13)24/h1-5,12-13,20-21,31H,6-9H2,(H,34,35)(H,36,37)(H2,24,26,28)(H2,25,27,29);4-11,13,16,20H,3,12H2,1-2H3,(H,27,30)(H2,23,24,25);6-8,10,12,16H,4-5,9H2,1-3H3,(H,23,26)(H2,19,20,21)/t12-,13+,20+,21+;13-,16-,20+,35+;10-,12-,16+,31?/m000/s1. The number of esters is 2. The van der Waals surface area contributed by atoms with Crippen LogP contribution in [0.3, 0.4) is 0 Å². The van der Waals surface area contributed by atoms with Crippen molar-refractivity contribution >= 4 is 110 Å². The van der Waals surface area contributed by atoms with Crippen LogP contribution in [0.25, 0.3) is 33.5 Å². The van der Waals surface area contributed by atoms with Gasteiger partial charge in [-0.25, -0.2) is 82.6 Å². The number of aromatic nitrogens is 14. The van der Waals surface area contributed by atoms with E-state index in [4.69, 9.17) is 79.4 Å². The smallest absolute Gasteiger partial charge is 0.342 e. The Balaban J connectivity index is 0.000000165. The zero-order valence-corrected chi connectivity index (χ0v) is 61.5. The molecule has 13 rings (SSSR count). The molecule has 0 fully saturated rings. The third kappa shape index (κ3) is 19.4. The molecule has 8 aromatic rings. The zero-order valence-electron chi connectivity index (χ0n) is 57.9. The van der Waals surface area contributed by atoms with Gasteiger partial charge in [0.2, 0.25) is 14.7 Å². The van der Waals surface area contributed by atoms with Gasteiger partial charge < -0.3 is 99.4 Å². The van der Waals surface area contributed by atoms with E-state index in [9.17, 15) is 55.2 Å². The second-order valence-corrected chi connectivity index (χ2v) is 32.7. The van der Waals surface area contributed by atoms with Gasteiger partial charge in [-0.3, -0.25) is 41.6 Å². The van der Waals surface area contributed by atoms with E-state index in [0.717, 1.165) is 24.3 Å². The number of benzene rings is 1. The highest BCUT2D eigenvalue weighted by Gasteiger charge is 2.43. The number of ether oxygens (including phenoxy) is 10. The summed E-state index contributed by atoms with van der Waals surface area (Å²) >= 11 is 0. The molecule has 0 saturated heterocycles. The number of nitrogens with one attached hydrogen (secondary N) is 3. The van der Waals surface area contributed by atoms with Crippen molar-refractivity contribution in [1.29, 1.82) is 0 Å². The number of nitrogens with two attached hydrogens (primary N) is 4. The number of para-hydroxylation sites is 1. The Morgan fingerprint density at radius 1 is 0.532 bits per heavy atom. The van der Waals surface area contributed by atoms with Gasteiger partial charge in [-0.05, 0) is 46.8 Å². The average Bonchev–Trinajstić information content (AvgIpc) is 1.65. The van der Waals surface area contributed by atoms with Gasteiger partial charge >= 0.3 is 19.5 Å². The summed E-state index contributed by atoms with van der Waals surface area (Å²) in [5, 5.41) is 8.17. The summed E-state index contributed by atoms with van der Waals surface area (Å²) in [5.41, 5.74) is 25.0. The van der Waals surface area contributed by atoms with Crippen molar-refractivity contribution in [3.63, 3.8) is 0 Å². The molecule has 0 aliphatic carbocycles. The molecule has 0 radical (unpaired) electrons. The molecule has 0 bridgehead atoms. The van der Waals surface area contributed by atoms with E-state index in [-0.39, 0.29) is 78.0 Å². The number of hydrogen-bond donors (Lipinski definition) is 9. The molecule has 12 heterocycles. The van der Waals surface area contributed by atoms with E-state index in [1.165, 1.54) is 76.7 Å². The van der Waals surface area contributed by atoms with Crippen LogP contribution in [0.1, 0.15) is 53.3 Å². The number of nitrogens with zero attached hydrogens (tertiary/aromatic N) is 15. The molecule has 0 amide bonds. The summed E-state index contributed by atoms with van der Waals surface area (Å²) in [6.07, 6.45) is -0.289. The lowest BCUT2D eigenvalue weighted by Gasteiger charge is -2.25. The predicted molar refractivity (Wildman–Crippen MR) is 374 cm³/mol. The van der Waals surface area contributed by atoms with E-state index >= 15 is 0 Å². The van der Waals surface area contributed by atoms with E-state index in [1.807, 2.05) is 0 Å². The number of carbonyl (C=O) groups excluding carboxylic acids is 2. The van der Waals surface area contributed by atoms with Crippen LogP contribution in [-0.2, 0) is 79.7 Å². The highest BCUT2D eigenvalue weighted by atomic mass is 31.2. The lowest BCUT2D eigenvalue weighted by atomic mass is 10.3. The molecule has 42 nitrogen and oxygen atoms in total. The number of carbonyl (C=O) groups is 2. The normalized spacial score (nSPS) is 22.9. The Kier molecular flexibility index (Phi) is 25.6. The first-order valence-electron chi connectivity index (χ1n) is 32.5. The number of anilines is 6. The summed E-state index contributed by atoms with van der Waals surface area (Å²) < 4.78 is 179. The largest absolute Gasteiger partial charge is 0.465 e. The summed E-state index contributed by atoms with van der Waals surface area (Å²) in [6, 6.07) is 6.51. The molecule has 109 heavy (non-hydrogen) atoms. The maximum atomic E-state index is 14.8. The van der Waals surface area contributed by atoms with Crippen molar-refractivity contribution in [1.82, 2.24) is 78.7 Å². The van der Waals surface area contributed by atoms with Gasteiger partial charge in [0, 0.05) is 24.3 Å². The molecule has 0 spiro atoms. The van der Waals surface area contributed by atoms with Crippen LogP contribution in [-0.4, -0.2) is 192 Å².